The Bertz CT molecular complexity index is 864. The zero-order valence-electron chi connectivity index (χ0n) is 16.4. The molecule has 1 aromatic carbocycles. The highest BCUT2D eigenvalue weighted by Gasteiger charge is 2.31. The summed E-state index contributed by atoms with van der Waals surface area (Å²) in [6.07, 6.45) is 2.40. The van der Waals surface area contributed by atoms with E-state index in [4.69, 9.17) is 9.82 Å². The Labute approximate surface area is 177 Å². The lowest BCUT2D eigenvalue weighted by atomic mass is 9.93. The number of thiazole rings is 1. The minimum Gasteiger partial charge on any atom is -0.387 e. The second-order valence-electron chi connectivity index (χ2n) is 8.47. The number of aromatic nitrogens is 1. The van der Waals surface area contributed by atoms with Crippen LogP contribution in [0.15, 0.2) is 33.2 Å². The minimum atomic E-state index is -0.411. The number of benzene rings is 1. The van der Waals surface area contributed by atoms with Crippen LogP contribution in [0.5, 0.6) is 0 Å². The Balaban J connectivity index is 1.42. The van der Waals surface area contributed by atoms with Crippen LogP contribution in [0, 0.1) is 5.82 Å². The minimum absolute atomic E-state index is 0.227. The van der Waals surface area contributed by atoms with Crippen LogP contribution in [-0.4, -0.2) is 34.2 Å². The molecule has 1 saturated heterocycles. The van der Waals surface area contributed by atoms with Crippen LogP contribution in [0.2, 0.25) is 0 Å². The van der Waals surface area contributed by atoms with Crippen molar-refractivity contribution in [3.63, 3.8) is 0 Å². The van der Waals surface area contributed by atoms with Gasteiger partial charge in [-0.1, -0.05) is 27.2 Å². The molecular weight excluding hydrogens is 441 g/mol. The van der Waals surface area contributed by atoms with Crippen molar-refractivity contribution < 1.29 is 9.23 Å². The molecular formula is C21H25BrFN3OS. The Morgan fingerprint density at radius 3 is 2.68 bits per heavy atom. The summed E-state index contributed by atoms with van der Waals surface area (Å²) in [6.45, 7) is 9.04. The Morgan fingerprint density at radius 2 is 2.00 bits per heavy atom. The van der Waals surface area contributed by atoms with Crippen LogP contribution in [0.1, 0.15) is 68.3 Å². The normalized spacial score (nSPS) is 21.6. The Kier molecular flexibility index (Phi) is 5.60. The molecule has 1 aromatic heterocycles. The van der Waals surface area contributed by atoms with Gasteiger partial charge in [0.15, 0.2) is 6.10 Å². The molecule has 2 aliphatic rings. The lowest BCUT2D eigenvalue weighted by Gasteiger charge is -2.40. The van der Waals surface area contributed by atoms with Crippen molar-refractivity contribution in [1.82, 2.24) is 9.88 Å². The lowest BCUT2D eigenvalue weighted by molar-refractivity contribution is 0.0824. The molecule has 0 saturated carbocycles. The first kappa shape index (κ1) is 20.0. The van der Waals surface area contributed by atoms with Gasteiger partial charge in [0.25, 0.3) is 0 Å². The van der Waals surface area contributed by atoms with Gasteiger partial charge in [0.1, 0.15) is 11.5 Å². The highest BCUT2D eigenvalue weighted by atomic mass is 79.9. The number of nitrogens with zero attached hydrogens (tertiary/aromatic N) is 3. The van der Waals surface area contributed by atoms with E-state index in [0.717, 1.165) is 37.3 Å². The molecule has 0 aliphatic carbocycles. The molecule has 0 amide bonds. The number of piperidine rings is 1. The van der Waals surface area contributed by atoms with E-state index in [-0.39, 0.29) is 11.4 Å². The second-order valence-corrected chi connectivity index (χ2v) is 10.2. The first-order valence-corrected chi connectivity index (χ1v) is 11.4. The molecule has 3 heterocycles. The molecule has 0 spiro atoms. The zero-order valence-corrected chi connectivity index (χ0v) is 18.8. The van der Waals surface area contributed by atoms with E-state index in [9.17, 15) is 4.39 Å². The van der Waals surface area contributed by atoms with Crippen LogP contribution < -0.4 is 0 Å². The Hall–Kier alpha value is -1.31. The largest absolute Gasteiger partial charge is 0.387 e. The molecule has 2 aromatic rings. The molecule has 1 unspecified atom stereocenters. The first-order chi connectivity index (χ1) is 13.3. The molecule has 4 rings (SSSR count). The molecule has 7 heteroatoms. The third kappa shape index (κ3) is 4.02. The first-order valence-electron chi connectivity index (χ1n) is 9.70. The fourth-order valence-corrected chi connectivity index (χ4v) is 5.50. The summed E-state index contributed by atoms with van der Waals surface area (Å²) in [5.41, 5.74) is 2.42. The highest BCUT2D eigenvalue weighted by Crippen LogP contribution is 2.37. The SMILES string of the molecule is CC(C)(C)N1CCC(c2nc(C3=NOC(c4c(F)cccc4Br)C3)cs2)CC1. The third-order valence-corrected chi connectivity index (χ3v) is 7.30. The molecule has 150 valence electrons. The van der Waals surface area contributed by atoms with E-state index >= 15 is 0 Å². The van der Waals surface area contributed by atoms with Gasteiger partial charge in [-0.3, -0.25) is 4.90 Å². The van der Waals surface area contributed by atoms with Gasteiger partial charge in [-0.05, 0) is 58.8 Å². The van der Waals surface area contributed by atoms with Crippen molar-refractivity contribution in [2.24, 2.45) is 5.16 Å². The monoisotopic (exact) mass is 465 g/mol. The number of halogens is 2. The van der Waals surface area contributed by atoms with E-state index in [1.54, 1.807) is 17.4 Å². The van der Waals surface area contributed by atoms with Gasteiger partial charge in [-0.15, -0.1) is 11.3 Å². The summed E-state index contributed by atoms with van der Waals surface area (Å²) in [6, 6.07) is 4.95. The highest BCUT2D eigenvalue weighted by molar-refractivity contribution is 9.10. The van der Waals surface area contributed by atoms with Crippen molar-refractivity contribution in [3.05, 3.63) is 50.1 Å². The summed E-state index contributed by atoms with van der Waals surface area (Å²) < 4.78 is 14.9. The van der Waals surface area contributed by atoms with Gasteiger partial charge in [0, 0.05) is 33.3 Å². The number of likely N-dealkylation sites (tertiary alicyclic amines) is 1. The van der Waals surface area contributed by atoms with Crippen molar-refractivity contribution in [2.75, 3.05) is 13.1 Å². The smallest absolute Gasteiger partial charge is 0.162 e. The molecule has 28 heavy (non-hydrogen) atoms. The maximum Gasteiger partial charge on any atom is 0.162 e. The van der Waals surface area contributed by atoms with E-state index in [0.29, 0.717) is 22.4 Å². The third-order valence-electron chi connectivity index (χ3n) is 5.60. The van der Waals surface area contributed by atoms with Gasteiger partial charge in [0.2, 0.25) is 0 Å². The summed E-state index contributed by atoms with van der Waals surface area (Å²) in [5, 5.41) is 7.46. The standard InChI is InChI=1S/C21H25BrFN3OS/c1-21(2,3)26-9-7-13(8-10-26)20-24-17(12-28-20)16-11-18(27-25-16)19-14(22)5-4-6-15(19)23/h4-6,12-13,18H,7-11H2,1-3H3. The maximum absolute atomic E-state index is 14.2. The predicted octanol–water partition coefficient (Wildman–Crippen LogP) is 5.89. The molecule has 0 N–H and O–H groups in total. The van der Waals surface area contributed by atoms with Crippen LogP contribution in [-0.2, 0) is 4.84 Å². The number of hydrogen-bond donors (Lipinski definition) is 0. The van der Waals surface area contributed by atoms with Gasteiger partial charge in [0.05, 0.1) is 10.7 Å². The van der Waals surface area contributed by atoms with Gasteiger partial charge >= 0.3 is 0 Å². The van der Waals surface area contributed by atoms with Crippen LogP contribution in [0.25, 0.3) is 0 Å². The molecule has 1 atom stereocenters. The molecule has 4 nitrogen and oxygen atoms in total. The van der Waals surface area contributed by atoms with Crippen molar-refractivity contribution >= 4 is 33.0 Å². The van der Waals surface area contributed by atoms with Gasteiger partial charge in [-0.25, -0.2) is 9.37 Å². The fraction of sp³-hybridized carbons (Fsp3) is 0.524. The van der Waals surface area contributed by atoms with Crippen LogP contribution in [0.4, 0.5) is 4.39 Å². The fourth-order valence-electron chi connectivity index (χ4n) is 3.91. The van der Waals surface area contributed by atoms with Crippen molar-refractivity contribution in [2.45, 2.75) is 57.6 Å². The molecule has 0 radical (unpaired) electrons. The summed E-state index contributed by atoms with van der Waals surface area (Å²) in [5.74, 6) is 0.234. The Morgan fingerprint density at radius 1 is 1.25 bits per heavy atom. The molecule has 2 aliphatic heterocycles. The van der Waals surface area contributed by atoms with Crippen molar-refractivity contribution in [1.29, 1.82) is 0 Å². The van der Waals surface area contributed by atoms with E-state index in [2.05, 4.69) is 52.1 Å². The van der Waals surface area contributed by atoms with E-state index in [1.165, 1.54) is 11.1 Å². The van der Waals surface area contributed by atoms with Crippen LogP contribution in [0.3, 0.4) is 0 Å². The summed E-state index contributed by atoms with van der Waals surface area (Å²) in [4.78, 5) is 13.0. The van der Waals surface area contributed by atoms with Crippen molar-refractivity contribution in [3.8, 4) is 0 Å². The zero-order chi connectivity index (χ0) is 19.9. The maximum atomic E-state index is 14.2. The van der Waals surface area contributed by atoms with Gasteiger partial charge in [-0.2, -0.15) is 0 Å². The molecule has 1 fully saturated rings. The predicted molar refractivity (Wildman–Crippen MR) is 114 cm³/mol. The second kappa shape index (κ2) is 7.84. The average molecular weight is 466 g/mol. The van der Waals surface area contributed by atoms with E-state index in [1.807, 2.05) is 6.07 Å². The molecule has 0 bridgehead atoms. The van der Waals surface area contributed by atoms with Gasteiger partial charge < -0.3 is 4.84 Å². The number of rotatable bonds is 3. The summed E-state index contributed by atoms with van der Waals surface area (Å²) >= 11 is 5.13. The number of oxime groups is 1. The van der Waals surface area contributed by atoms with Crippen LogP contribution >= 0.6 is 27.3 Å². The number of hydrogen-bond acceptors (Lipinski definition) is 5. The quantitative estimate of drug-likeness (QED) is 0.566. The summed E-state index contributed by atoms with van der Waals surface area (Å²) in [7, 11) is 0. The average Bonchev–Trinajstić information content (AvgIpc) is 3.30. The lowest BCUT2D eigenvalue weighted by Crippen LogP contribution is -2.45. The topological polar surface area (TPSA) is 37.7 Å². The van der Waals surface area contributed by atoms with E-state index < -0.39 is 6.10 Å².